The van der Waals surface area contributed by atoms with Crippen LogP contribution in [0.3, 0.4) is 0 Å². The third kappa shape index (κ3) is 3.33. The van der Waals surface area contributed by atoms with Crippen LogP contribution in [-0.4, -0.2) is 31.1 Å². The standard InChI is InChI=1S/C16H26N2/c1-12-5-6-15(13(2)9-12)10-17-16-7-8-18(4)11-14(16)3/h5-6,9,14,16-17H,7-8,10-11H2,1-4H3. The molecule has 1 aliphatic heterocycles. The summed E-state index contributed by atoms with van der Waals surface area (Å²) in [4.78, 5) is 2.43. The molecule has 0 bridgehead atoms. The Labute approximate surface area is 111 Å². The summed E-state index contributed by atoms with van der Waals surface area (Å²) in [5.41, 5.74) is 4.19. The maximum absolute atomic E-state index is 3.74. The third-order valence-corrected chi connectivity index (χ3v) is 4.16. The van der Waals surface area contributed by atoms with Crippen LogP contribution in [0.5, 0.6) is 0 Å². The number of nitrogens with zero attached hydrogens (tertiary/aromatic N) is 1. The number of hydrogen-bond acceptors (Lipinski definition) is 2. The van der Waals surface area contributed by atoms with Crippen LogP contribution in [-0.2, 0) is 6.54 Å². The summed E-state index contributed by atoms with van der Waals surface area (Å²) in [6, 6.07) is 7.41. The molecule has 1 aromatic carbocycles. The normalized spacial score (nSPS) is 25.3. The first-order valence-electron chi connectivity index (χ1n) is 7.04. The predicted octanol–water partition coefficient (Wildman–Crippen LogP) is 2.73. The second kappa shape index (κ2) is 5.85. The molecule has 1 fully saturated rings. The van der Waals surface area contributed by atoms with E-state index >= 15 is 0 Å². The summed E-state index contributed by atoms with van der Waals surface area (Å²) < 4.78 is 0. The predicted molar refractivity (Wildman–Crippen MR) is 77.8 cm³/mol. The molecule has 18 heavy (non-hydrogen) atoms. The summed E-state index contributed by atoms with van der Waals surface area (Å²) in [6.45, 7) is 10.2. The maximum atomic E-state index is 3.74. The number of rotatable bonds is 3. The SMILES string of the molecule is Cc1ccc(CNC2CCN(C)CC2C)c(C)c1. The molecule has 1 aromatic rings. The van der Waals surface area contributed by atoms with Crippen molar-refractivity contribution in [3.05, 3.63) is 34.9 Å². The van der Waals surface area contributed by atoms with Gasteiger partial charge in [-0.2, -0.15) is 0 Å². The first-order chi connectivity index (χ1) is 8.56. The van der Waals surface area contributed by atoms with Crippen molar-refractivity contribution in [1.29, 1.82) is 0 Å². The smallest absolute Gasteiger partial charge is 0.0210 e. The molecule has 0 aromatic heterocycles. The highest BCUT2D eigenvalue weighted by atomic mass is 15.1. The molecule has 2 unspecified atom stereocenters. The molecule has 2 nitrogen and oxygen atoms in total. The molecule has 1 aliphatic rings. The number of aryl methyl sites for hydroxylation is 2. The van der Waals surface area contributed by atoms with Crippen LogP contribution in [0, 0.1) is 19.8 Å². The van der Waals surface area contributed by atoms with Crippen molar-refractivity contribution < 1.29 is 0 Å². The molecule has 2 heteroatoms. The van der Waals surface area contributed by atoms with Crippen molar-refractivity contribution in [3.63, 3.8) is 0 Å². The summed E-state index contributed by atoms with van der Waals surface area (Å²) >= 11 is 0. The van der Waals surface area contributed by atoms with E-state index in [9.17, 15) is 0 Å². The summed E-state index contributed by atoms with van der Waals surface area (Å²) in [6.07, 6.45) is 1.27. The Bertz CT molecular complexity index is 400. The second-order valence-corrected chi connectivity index (χ2v) is 5.95. The minimum absolute atomic E-state index is 0.668. The Morgan fingerprint density at radius 3 is 2.78 bits per heavy atom. The quantitative estimate of drug-likeness (QED) is 0.882. The van der Waals surface area contributed by atoms with Gasteiger partial charge in [-0.15, -0.1) is 0 Å². The summed E-state index contributed by atoms with van der Waals surface area (Å²) in [5, 5.41) is 3.74. The van der Waals surface area contributed by atoms with Gasteiger partial charge in [0, 0.05) is 19.1 Å². The Kier molecular flexibility index (Phi) is 4.41. The first-order valence-corrected chi connectivity index (χ1v) is 7.04. The fourth-order valence-corrected chi connectivity index (χ4v) is 2.94. The van der Waals surface area contributed by atoms with E-state index in [1.54, 1.807) is 0 Å². The number of piperidine rings is 1. The van der Waals surface area contributed by atoms with Crippen molar-refractivity contribution in [2.24, 2.45) is 5.92 Å². The average Bonchev–Trinajstić information content (AvgIpc) is 2.30. The Balaban J connectivity index is 1.91. The Morgan fingerprint density at radius 2 is 2.11 bits per heavy atom. The third-order valence-electron chi connectivity index (χ3n) is 4.16. The molecule has 100 valence electrons. The lowest BCUT2D eigenvalue weighted by Gasteiger charge is -2.35. The minimum Gasteiger partial charge on any atom is -0.310 e. The van der Waals surface area contributed by atoms with Crippen LogP contribution in [0.4, 0.5) is 0 Å². The van der Waals surface area contributed by atoms with Crippen LogP contribution in [0.1, 0.15) is 30.0 Å². The number of benzene rings is 1. The van der Waals surface area contributed by atoms with E-state index in [2.05, 4.69) is 56.2 Å². The molecular weight excluding hydrogens is 220 g/mol. The van der Waals surface area contributed by atoms with Crippen molar-refractivity contribution in [2.45, 2.75) is 39.8 Å². The van der Waals surface area contributed by atoms with Gasteiger partial charge in [0.05, 0.1) is 0 Å². The van der Waals surface area contributed by atoms with E-state index in [1.807, 2.05) is 0 Å². The Morgan fingerprint density at radius 1 is 1.33 bits per heavy atom. The number of likely N-dealkylation sites (tertiary alicyclic amines) is 1. The van der Waals surface area contributed by atoms with E-state index in [0.29, 0.717) is 6.04 Å². The van der Waals surface area contributed by atoms with E-state index < -0.39 is 0 Å². The zero-order valence-corrected chi connectivity index (χ0v) is 12.2. The van der Waals surface area contributed by atoms with Gasteiger partial charge in [0.1, 0.15) is 0 Å². The van der Waals surface area contributed by atoms with E-state index in [-0.39, 0.29) is 0 Å². The second-order valence-electron chi connectivity index (χ2n) is 5.95. The summed E-state index contributed by atoms with van der Waals surface area (Å²) in [5.74, 6) is 0.745. The molecule has 0 saturated carbocycles. The largest absolute Gasteiger partial charge is 0.310 e. The molecule has 1 heterocycles. The molecule has 1 N–H and O–H groups in total. The van der Waals surface area contributed by atoms with Gasteiger partial charge in [-0.3, -0.25) is 0 Å². The van der Waals surface area contributed by atoms with Gasteiger partial charge in [0.15, 0.2) is 0 Å². The molecule has 0 spiro atoms. The molecule has 0 amide bonds. The lowest BCUT2D eigenvalue weighted by atomic mass is 9.94. The van der Waals surface area contributed by atoms with Crippen LogP contribution in [0.15, 0.2) is 18.2 Å². The Hall–Kier alpha value is -0.860. The fourth-order valence-electron chi connectivity index (χ4n) is 2.94. The number of nitrogens with one attached hydrogen (secondary N) is 1. The zero-order chi connectivity index (χ0) is 13.1. The molecular formula is C16H26N2. The van der Waals surface area contributed by atoms with Gasteiger partial charge >= 0.3 is 0 Å². The van der Waals surface area contributed by atoms with Crippen molar-refractivity contribution in [1.82, 2.24) is 10.2 Å². The van der Waals surface area contributed by atoms with Gasteiger partial charge in [-0.1, -0.05) is 30.7 Å². The molecule has 2 rings (SSSR count). The van der Waals surface area contributed by atoms with Crippen molar-refractivity contribution in [3.8, 4) is 0 Å². The van der Waals surface area contributed by atoms with Gasteiger partial charge in [0.2, 0.25) is 0 Å². The monoisotopic (exact) mass is 246 g/mol. The topological polar surface area (TPSA) is 15.3 Å². The maximum Gasteiger partial charge on any atom is 0.0210 e. The molecule has 1 saturated heterocycles. The van der Waals surface area contributed by atoms with Crippen LogP contribution in [0.2, 0.25) is 0 Å². The molecule has 0 aliphatic carbocycles. The van der Waals surface area contributed by atoms with Crippen molar-refractivity contribution in [2.75, 3.05) is 20.1 Å². The zero-order valence-electron chi connectivity index (χ0n) is 12.2. The highest BCUT2D eigenvalue weighted by Gasteiger charge is 2.23. The van der Waals surface area contributed by atoms with Crippen molar-refractivity contribution >= 4 is 0 Å². The minimum atomic E-state index is 0.668. The molecule has 0 radical (unpaired) electrons. The highest BCUT2D eigenvalue weighted by Crippen LogP contribution is 2.17. The van der Waals surface area contributed by atoms with E-state index in [4.69, 9.17) is 0 Å². The van der Waals surface area contributed by atoms with Crippen LogP contribution in [0.25, 0.3) is 0 Å². The van der Waals surface area contributed by atoms with Gasteiger partial charge in [-0.05, 0) is 50.9 Å². The van der Waals surface area contributed by atoms with Gasteiger partial charge in [-0.25, -0.2) is 0 Å². The fraction of sp³-hybridized carbons (Fsp3) is 0.625. The highest BCUT2D eigenvalue weighted by molar-refractivity contribution is 5.30. The molecule has 2 atom stereocenters. The van der Waals surface area contributed by atoms with E-state index in [1.165, 1.54) is 36.2 Å². The summed E-state index contributed by atoms with van der Waals surface area (Å²) in [7, 11) is 2.22. The van der Waals surface area contributed by atoms with Gasteiger partial charge in [0.25, 0.3) is 0 Å². The number of hydrogen-bond donors (Lipinski definition) is 1. The van der Waals surface area contributed by atoms with Crippen LogP contribution < -0.4 is 5.32 Å². The lowest BCUT2D eigenvalue weighted by molar-refractivity contribution is 0.174. The van der Waals surface area contributed by atoms with Gasteiger partial charge < -0.3 is 10.2 Å². The van der Waals surface area contributed by atoms with Crippen LogP contribution >= 0.6 is 0 Å². The van der Waals surface area contributed by atoms with E-state index in [0.717, 1.165) is 12.5 Å². The average molecular weight is 246 g/mol. The lowest BCUT2D eigenvalue weighted by Crippen LogP contribution is -2.46. The first kappa shape index (κ1) is 13.6.